The molecule has 0 radical (unpaired) electrons. The second-order valence-electron chi connectivity index (χ2n) is 4.62. The van der Waals surface area contributed by atoms with Crippen molar-refractivity contribution in [1.82, 2.24) is 4.90 Å². The normalized spacial score (nSPS) is 10.9. The summed E-state index contributed by atoms with van der Waals surface area (Å²) < 4.78 is 1.07. The summed E-state index contributed by atoms with van der Waals surface area (Å²) >= 11 is 5.10. The standard InChI is InChI=1S/C13H15BrN4O2S/c1-17(7-11-5-10(14)8-21-11)6-9-3-2-4-12(18(19)20)13(9)16-15/h2-5,8,16H,6-7,15H2,1H3. The molecule has 112 valence electrons. The number of thiophene rings is 1. The fourth-order valence-electron chi connectivity index (χ4n) is 2.09. The van der Waals surface area contributed by atoms with Gasteiger partial charge in [-0.15, -0.1) is 11.3 Å². The first-order valence-electron chi connectivity index (χ1n) is 6.15. The van der Waals surface area contributed by atoms with Gasteiger partial charge in [0, 0.05) is 33.9 Å². The van der Waals surface area contributed by atoms with E-state index in [0.29, 0.717) is 12.2 Å². The summed E-state index contributed by atoms with van der Waals surface area (Å²) in [5, 5.41) is 13.0. The van der Waals surface area contributed by atoms with Crippen LogP contribution in [0.4, 0.5) is 11.4 Å². The van der Waals surface area contributed by atoms with Crippen LogP contribution < -0.4 is 11.3 Å². The highest BCUT2D eigenvalue weighted by Crippen LogP contribution is 2.29. The van der Waals surface area contributed by atoms with Crippen molar-refractivity contribution in [3.8, 4) is 0 Å². The van der Waals surface area contributed by atoms with Gasteiger partial charge in [-0.3, -0.25) is 20.9 Å². The van der Waals surface area contributed by atoms with Crippen LogP contribution >= 0.6 is 27.3 Å². The minimum atomic E-state index is -0.435. The number of rotatable bonds is 6. The van der Waals surface area contributed by atoms with E-state index >= 15 is 0 Å². The van der Waals surface area contributed by atoms with Gasteiger partial charge in [0.1, 0.15) is 5.69 Å². The molecule has 0 saturated heterocycles. The van der Waals surface area contributed by atoms with E-state index in [9.17, 15) is 10.1 Å². The predicted molar refractivity (Wildman–Crippen MR) is 88.1 cm³/mol. The maximum absolute atomic E-state index is 11.0. The second kappa shape index (κ2) is 6.99. The van der Waals surface area contributed by atoms with Crippen molar-refractivity contribution < 1.29 is 4.92 Å². The number of nitrogens with zero attached hydrogens (tertiary/aromatic N) is 2. The first-order chi connectivity index (χ1) is 10.0. The van der Waals surface area contributed by atoms with Crippen LogP contribution in [0.1, 0.15) is 10.4 Å². The summed E-state index contributed by atoms with van der Waals surface area (Å²) in [4.78, 5) is 13.9. The monoisotopic (exact) mass is 370 g/mol. The van der Waals surface area contributed by atoms with Crippen LogP contribution in [0.5, 0.6) is 0 Å². The number of para-hydroxylation sites is 1. The number of halogens is 1. The summed E-state index contributed by atoms with van der Waals surface area (Å²) in [5.74, 6) is 5.44. The molecule has 6 nitrogen and oxygen atoms in total. The van der Waals surface area contributed by atoms with Crippen LogP contribution in [-0.2, 0) is 13.1 Å². The van der Waals surface area contributed by atoms with Crippen LogP contribution in [0, 0.1) is 10.1 Å². The molecule has 21 heavy (non-hydrogen) atoms. The molecule has 0 bridgehead atoms. The second-order valence-corrected chi connectivity index (χ2v) is 6.53. The molecule has 8 heteroatoms. The molecule has 3 N–H and O–H groups in total. The van der Waals surface area contributed by atoms with E-state index in [1.165, 1.54) is 10.9 Å². The van der Waals surface area contributed by atoms with E-state index < -0.39 is 4.92 Å². The fraction of sp³-hybridized carbons (Fsp3) is 0.231. The van der Waals surface area contributed by atoms with E-state index in [1.54, 1.807) is 17.4 Å². The molecular weight excluding hydrogens is 356 g/mol. The molecule has 1 aromatic heterocycles. The number of hydrogen-bond acceptors (Lipinski definition) is 6. The number of nitrogen functional groups attached to an aromatic ring is 1. The largest absolute Gasteiger partial charge is 0.318 e. The summed E-state index contributed by atoms with van der Waals surface area (Å²) in [7, 11) is 1.97. The van der Waals surface area contributed by atoms with Crippen molar-refractivity contribution in [3.63, 3.8) is 0 Å². The van der Waals surface area contributed by atoms with Crippen molar-refractivity contribution in [2.45, 2.75) is 13.1 Å². The number of nitrogens with one attached hydrogen (secondary N) is 1. The number of nitrogens with two attached hydrogens (primary N) is 1. The van der Waals surface area contributed by atoms with Crippen molar-refractivity contribution in [1.29, 1.82) is 0 Å². The Morgan fingerprint density at radius 3 is 2.81 bits per heavy atom. The lowest BCUT2D eigenvalue weighted by Gasteiger charge is -2.17. The Morgan fingerprint density at radius 1 is 1.48 bits per heavy atom. The molecule has 2 aromatic rings. The van der Waals surface area contributed by atoms with Gasteiger partial charge in [-0.05, 0) is 34.6 Å². The lowest BCUT2D eigenvalue weighted by molar-refractivity contribution is -0.384. The Labute approximate surface area is 134 Å². The van der Waals surface area contributed by atoms with Crippen LogP contribution in [0.25, 0.3) is 0 Å². The third-order valence-electron chi connectivity index (χ3n) is 2.96. The molecule has 1 aromatic carbocycles. The summed E-state index contributed by atoms with van der Waals surface area (Å²) in [6.45, 7) is 1.33. The molecule has 0 atom stereocenters. The lowest BCUT2D eigenvalue weighted by atomic mass is 10.1. The number of hydrazine groups is 1. The highest BCUT2D eigenvalue weighted by atomic mass is 79.9. The molecular formula is C13H15BrN4O2S. The van der Waals surface area contributed by atoms with E-state index in [1.807, 2.05) is 18.5 Å². The molecule has 0 amide bonds. The van der Waals surface area contributed by atoms with Crippen LogP contribution in [0.2, 0.25) is 0 Å². The predicted octanol–water partition coefficient (Wildman–Crippen LogP) is 3.34. The average Bonchev–Trinajstić information content (AvgIpc) is 2.83. The van der Waals surface area contributed by atoms with Gasteiger partial charge in [-0.25, -0.2) is 0 Å². The molecule has 2 rings (SSSR count). The van der Waals surface area contributed by atoms with Gasteiger partial charge in [-0.2, -0.15) is 0 Å². The quantitative estimate of drug-likeness (QED) is 0.462. The lowest BCUT2D eigenvalue weighted by Crippen LogP contribution is -2.19. The van der Waals surface area contributed by atoms with E-state index in [4.69, 9.17) is 5.84 Å². The number of nitro benzene ring substituents is 1. The molecule has 0 fully saturated rings. The van der Waals surface area contributed by atoms with Crippen molar-refractivity contribution in [2.75, 3.05) is 12.5 Å². The molecule has 0 aliphatic heterocycles. The number of nitro groups is 1. The van der Waals surface area contributed by atoms with Gasteiger partial charge in [0.25, 0.3) is 5.69 Å². The van der Waals surface area contributed by atoms with Crippen molar-refractivity contribution in [3.05, 3.63) is 54.7 Å². The molecule has 0 unspecified atom stereocenters. The molecule has 0 spiro atoms. The molecule has 0 aliphatic rings. The third kappa shape index (κ3) is 4.01. The maximum Gasteiger partial charge on any atom is 0.293 e. The van der Waals surface area contributed by atoms with E-state index in [-0.39, 0.29) is 5.69 Å². The molecule has 0 aliphatic carbocycles. The molecule has 0 saturated carbocycles. The third-order valence-corrected chi connectivity index (χ3v) is 4.64. The zero-order valence-electron chi connectivity index (χ0n) is 11.4. The van der Waals surface area contributed by atoms with Gasteiger partial charge >= 0.3 is 0 Å². The summed E-state index contributed by atoms with van der Waals surface area (Å²) in [5.41, 5.74) is 3.59. The van der Waals surface area contributed by atoms with Crippen molar-refractivity contribution >= 4 is 38.6 Å². The first-order valence-corrected chi connectivity index (χ1v) is 7.83. The zero-order valence-corrected chi connectivity index (χ0v) is 13.8. The van der Waals surface area contributed by atoms with Gasteiger partial charge in [0.15, 0.2) is 0 Å². The van der Waals surface area contributed by atoms with Gasteiger partial charge in [-0.1, -0.05) is 12.1 Å². The number of benzene rings is 1. The average molecular weight is 371 g/mol. The van der Waals surface area contributed by atoms with Gasteiger partial charge in [0.05, 0.1) is 4.92 Å². The van der Waals surface area contributed by atoms with E-state index in [2.05, 4.69) is 32.3 Å². The topological polar surface area (TPSA) is 84.4 Å². The molecule has 1 heterocycles. The van der Waals surface area contributed by atoms with Crippen LogP contribution in [-0.4, -0.2) is 16.9 Å². The highest BCUT2D eigenvalue weighted by Gasteiger charge is 2.17. The number of anilines is 1. The summed E-state index contributed by atoms with van der Waals surface area (Å²) in [6.07, 6.45) is 0. The Bertz CT molecular complexity index is 647. The van der Waals surface area contributed by atoms with Gasteiger partial charge < -0.3 is 5.43 Å². The summed E-state index contributed by atoms with van der Waals surface area (Å²) in [6, 6.07) is 7.01. The van der Waals surface area contributed by atoms with E-state index in [0.717, 1.165) is 16.6 Å². The minimum Gasteiger partial charge on any atom is -0.318 e. The minimum absolute atomic E-state index is 0.0118. The zero-order chi connectivity index (χ0) is 15.4. The Hall–Kier alpha value is -1.48. The van der Waals surface area contributed by atoms with Crippen molar-refractivity contribution in [2.24, 2.45) is 5.84 Å². The highest BCUT2D eigenvalue weighted by molar-refractivity contribution is 9.10. The first kappa shape index (κ1) is 15.9. The van der Waals surface area contributed by atoms with Crippen LogP contribution in [0.3, 0.4) is 0 Å². The number of hydrogen-bond donors (Lipinski definition) is 2. The van der Waals surface area contributed by atoms with Crippen LogP contribution in [0.15, 0.2) is 34.1 Å². The van der Waals surface area contributed by atoms with Gasteiger partial charge in [0.2, 0.25) is 0 Å². The Balaban J connectivity index is 2.15. The maximum atomic E-state index is 11.0. The Kier molecular flexibility index (Phi) is 5.29. The SMILES string of the molecule is CN(Cc1cc(Br)cs1)Cc1cccc([N+](=O)[O-])c1NN. The fourth-order valence-corrected chi connectivity index (χ4v) is 3.62. The smallest absolute Gasteiger partial charge is 0.293 e. The Morgan fingerprint density at radius 2 is 2.24 bits per heavy atom.